The quantitative estimate of drug-likeness (QED) is 0.485. The molecule has 2 nitrogen and oxygen atoms in total. The number of nitriles is 1. The Morgan fingerprint density at radius 3 is 2.57 bits per heavy atom. The number of nitrogens with zero attached hydrogens (tertiary/aromatic N) is 1. The van der Waals surface area contributed by atoms with E-state index in [1.54, 1.807) is 12.1 Å². The Bertz CT molecular complexity index is 495. The molecule has 1 aromatic carbocycles. The van der Waals surface area contributed by atoms with E-state index in [1.165, 1.54) is 6.07 Å². The highest BCUT2D eigenvalue weighted by molar-refractivity contribution is 14.1. The normalized spacial score (nSPS) is 12.8. The van der Waals surface area contributed by atoms with Crippen LogP contribution in [0, 0.1) is 11.3 Å². The van der Waals surface area contributed by atoms with Crippen molar-refractivity contribution in [3.63, 3.8) is 0 Å². The minimum atomic E-state index is -4.51. The van der Waals surface area contributed by atoms with E-state index < -0.39 is 11.7 Å². The van der Waals surface area contributed by atoms with Crippen LogP contribution in [0.4, 0.5) is 18.9 Å². The third kappa shape index (κ3) is 5.73. The van der Waals surface area contributed by atoms with Gasteiger partial charge in [-0.3, -0.25) is 0 Å². The molecule has 1 rings (SSSR count). The van der Waals surface area contributed by atoms with Crippen molar-refractivity contribution in [3.05, 3.63) is 29.3 Å². The van der Waals surface area contributed by atoms with E-state index in [1.807, 2.05) is 0 Å². The molecule has 1 N–H and O–H groups in total. The van der Waals surface area contributed by atoms with Crippen molar-refractivity contribution in [2.75, 3.05) is 9.74 Å². The number of anilines is 1. The molecule has 0 heterocycles. The number of hydrogen-bond donors (Lipinski definition) is 1. The van der Waals surface area contributed by atoms with E-state index in [2.05, 4.69) is 34.8 Å². The number of rotatable bonds is 7. The highest BCUT2D eigenvalue weighted by Gasteiger charge is 2.33. The average molecular weight is 410 g/mol. The second-order valence-electron chi connectivity index (χ2n) is 4.83. The van der Waals surface area contributed by atoms with Gasteiger partial charge in [0.25, 0.3) is 0 Å². The maximum Gasteiger partial charge on any atom is 0.417 e. The minimum Gasteiger partial charge on any atom is -0.382 e. The zero-order valence-electron chi connectivity index (χ0n) is 11.8. The zero-order valence-corrected chi connectivity index (χ0v) is 14.0. The van der Waals surface area contributed by atoms with Gasteiger partial charge in [-0.05, 0) is 41.9 Å². The molecule has 0 saturated carbocycles. The second-order valence-corrected chi connectivity index (χ2v) is 5.91. The summed E-state index contributed by atoms with van der Waals surface area (Å²) in [4.78, 5) is 0. The lowest BCUT2D eigenvalue weighted by Crippen LogP contribution is -2.20. The Labute approximate surface area is 136 Å². The second kappa shape index (κ2) is 8.47. The number of nitrogens with one attached hydrogen (secondary N) is 1. The number of halogens is 4. The maximum absolute atomic E-state index is 12.9. The van der Waals surface area contributed by atoms with Gasteiger partial charge in [0.05, 0.1) is 17.2 Å². The largest absolute Gasteiger partial charge is 0.417 e. The molecule has 0 aliphatic heterocycles. The lowest BCUT2D eigenvalue weighted by Gasteiger charge is -2.20. The number of alkyl halides is 4. The summed E-state index contributed by atoms with van der Waals surface area (Å²) in [5, 5.41) is 11.9. The first-order valence-corrected chi connectivity index (χ1v) is 8.38. The van der Waals surface area contributed by atoms with Crippen molar-refractivity contribution < 1.29 is 13.2 Å². The molecule has 0 radical (unpaired) electrons. The van der Waals surface area contributed by atoms with Gasteiger partial charge < -0.3 is 5.32 Å². The summed E-state index contributed by atoms with van der Waals surface area (Å²) < 4.78 is 39.8. The molecule has 0 spiro atoms. The predicted octanol–water partition coefficient (Wildman–Crippen LogP) is 5.37. The fourth-order valence-electron chi connectivity index (χ4n) is 2.16. The fourth-order valence-corrected chi connectivity index (χ4v) is 2.60. The summed E-state index contributed by atoms with van der Waals surface area (Å²) in [7, 11) is 0. The van der Waals surface area contributed by atoms with Crippen molar-refractivity contribution in [1.29, 1.82) is 5.26 Å². The summed E-state index contributed by atoms with van der Waals surface area (Å²) in [6.45, 7) is 2.05. The van der Waals surface area contributed by atoms with Gasteiger partial charge in [-0.1, -0.05) is 35.9 Å². The number of benzene rings is 1. The monoisotopic (exact) mass is 410 g/mol. The molecular formula is C15H18F3IN2. The molecule has 21 heavy (non-hydrogen) atoms. The number of hydrogen-bond acceptors (Lipinski definition) is 2. The molecule has 116 valence electrons. The van der Waals surface area contributed by atoms with Crippen molar-refractivity contribution in [3.8, 4) is 6.07 Å². The van der Waals surface area contributed by atoms with E-state index in [9.17, 15) is 13.2 Å². The summed E-state index contributed by atoms with van der Waals surface area (Å²) in [5.41, 5.74) is -0.792. The van der Waals surface area contributed by atoms with Crippen LogP contribution in [-0.4, -0.2) is 10.5 Å². The van der Waals surface area contributed by atoms with Gasteiger partial charge in [0.1, 0.15) is 0 Å². The van der Waals surface area contributed by atoms with E-state index in [0.29, 0.717) is 5.69 Å². The van der Waals surface area contributed by atoms with Gasteiger partial charge in [0.2, 0.25) is 0 Å². The van der Waals surface area contributed by atoms with Crippen molar-refractivity contribution >= 4 is 28.3 Å². The summed E-state index contributed by atoms with van der Waals surface area (Å²) in [6, 6.07) is 5.56. The van der Waals surface area contributed by atoms with Crippen LogP contribution in [0.2, 0.25) is 0 Å². The lowest BCUT2D eigenvalue weighted by molar-refractivity contribution is -0.137. The summed E-state index contributed by atoms with van der Waals surface area (Å²) in [5.74, 6) is 0. The molecule has 0 unspecified atom stereocenters. The van der Waals surface area contributed by atoms with Gasteiger partial charge in [-0.15, -0.1) is 0 Å². The molecule has 1 aromatic rings. The molecule has 0 aliphatic rings. The third-order valence-electron chi connectivity index (χ3n) is 3.14. The Morgan fingerprint density at radius 1 is 1.33 bits per heavy atom. The Hall–Kier alpha value is -0.970. The molecule has 0 aliphatic carbocycles. The topological polar surface area (TPSA) is 35.8 Å². The molecule has 0 bridgehead atoms. The van der Waals surface area contributed by atoms with Crippen LogP contribution in [0.25, 0.3) is 0 Å². The van der Waals surface area contributed by atoms with Crippen molar-refractivity contribution in [1.82, 2.24) is 0 Å². The summed E-state index contributed by atoms with van der Waals surface area (Å²) >= 11 is 2.29. The predicted molar refractivity (Wildman–Crippen MR) is 86.6 cm³/mol. The maximum atomic E-state index is 12.9. The van der Waals surface area contributed by atoms with Crippen LogP contribution in [0.15, 0.2) is 18.2 Å². The van der Waals surface area contributed by atoms with E-state index in [4.69, 9.17) is 5.26 Å². The summed E-state index contributed by atoms with van der Waals surface area (Å²) in [6.07, 6.45) is -0.663. The van der Waals surface area contributed by atoms with Crippen LogP contribution in [-0.2, 0) is 6.18 Å². The van der Waals surface area contributed by atoms with E-state index in [-0.39, 0.29) is 11.6 Å². The molecule has 6 heteroatoms. The fraction of sp³-hybridized carbons (Fsp3) is 0.533. The van der Waals surface area contributed by atoms with Gasteiger partial charge in [-0.2, -0.15) is 18.4 Å². The van der Waals surface area contributed by atoms with Gasteiger partial charge in [0.15, 0.2) is 0 Å². The smallest absolute Gasteiger partial charge is 0.382 e. The van der Waals surface area contributed by atoms with Gasteiger partial charge >= 0.3 is 6.18 Å². The zero-order chi connectivity index (χ0) is 15.9. The molecular weight excluding hydrogens is 392 g/mol. The molecule has 0 aromatic heterocycles. The lowest BCUT2D eigenvalue weighted by atomic mass is 10.0. The van der Waals surface area contributed by atoms with Crippen LogP contribution in [0.1, 0.15) is 43.7 Å². The minimum absolute atomic E-state index is 0.166. The Kier molecular flexibility index (Phi) is 7.29. The molecule has 0 fully saturated rings. The van der Waals surface area contributed by atoms with E-state index >= 15 is 0 Å². The Balaban J connectivity index is 2.95. The van der Waals surface area contributed by atoms with Gasteiger partial charge in [-0.25, -0.2) is 0 Å². The standard InChI is InChI=1S/C15H18F3IN2/c1-2-4-12(5-3-8-19)21-13-7-6-11(10-20)14(9-13)15(16,17)18/h6-7,9,12,21H,2-5,8H2,1H3/t12-/m0/s1. The van der Waals surface area contributed by atoms with Crippen LogP contribution in [0.5, 0.6) is 0 Å². The van der Waals surface area contributed by atoms with E-state index in [0.717, 1.165) is 36.2 Å². The first-order valence-electron chi connectivity index (χ1n) is 6.86. The average Bonchev–Trinajstić information content (AvgIpc) is 2.44. The van der Waals surface area contributed by atoms with Crippen LogP contribution in [0.3, 0.4) is 0 Å². The third-order valence-corrected chi connectivity index (χ3v) is 3.90. The highest BCUT2D eigenvalue weighted by atomic mass is 127. The Morgan fingerprint density at radius 2 is 2.05 bits per heavy atom. The SMILES string of the molecule is CCC[C@@H](CCCI)Nc1ccc(C#N)c(C(F)(F)F)c1. The van der Waals surface area contributed by atoms with Crippen LogP contribution < -0.4 is 5.32 Å². The van der Waals surface area contributed by atoms with Crippen LogP contribution >= 0.6 is 22.6 Å². The van der Waals surface area contributed by atoms with Gasteiger partial charge in [0, 0.05) is 11.7 Å². The molecule has 1 atom stereocenters. The first kappa shape index (κ1) is 18.1. The molecule has 0 amide bonds. The highest BCUT2D eigenvalue weighted by Crippen LogP contribution is 2.33. The van der Waals surface area contributed by atoms with Crippen molar-refractivity contribution in [2.45, 2.75) is 44.8 Å². The first-order chi connectivity index (χ1) is 9.92. The molecule has 0 saturated heterocycles. The van der Waals surface area contributed by atoms with Crippen molar-refractivity contribution in [2.24, 2.45) is 0 Å².